The lowest BCUT2D eigenvalue weighted by molar-refractivity contribution is -0.136. The third-order valence-electron chi connectivity index (χ3n) is 3.46. The largest absolute Gasteiger partial charge is 0.418 e. The molecule has 1 aliphatic carbocycles. The lowest BCUT2D eigenvalue weighted by atomic mass is 9.87. The summed E-state index contributed by atoms with van der Waals surface area (Å²) in [7, 11) is 5.43. The monoisotopic (exact) mass is 316 g/mol. The van der Waals surface area contributed by atoms with Gasteiger partial charge in [-0.15, -0.1) is 0 Å². The lowest BCUT2D eigenvalue weighted by Crippen LogP contribution is -2.37. The van der Waals surface area contributed by atoms with Gasteiger partial charge in [-0.2, -0.15) is 13.2 Å². The van der Waals surface area contributed by atoms with Crippen LogP contribution in [0.5, 0.6) is 0 Å². The van der Waals surface area contributed by atoms with Gasteiger partial charge in [0, 0.05) is 18.9 Å². The number of halogens is 5. The molecular weight excluding hydrogens is 302 g/mol. The fourth-order valence-electron chi connectivity index (χ4n) is 2.51. The van der Waals surface area contributed by atoms with E-state index >= 15 is 0 Å². The third-order valence-corrected chi connectivity index (χ3v) is 3.46. The summed E-state index contributed by atoms with van der Waals surface area (Å²) in [6, 6.07) is 1.44. The maximum Gasteiger partial charge on any atom is 0.418 e. The van der Waals surface area contributed by atoms with E-state index in [1.165, 1.54) is 17.0 Å². The number of fused-ring (bicyclic) bond motifs is 1. The first-order chi connectivity index (χ1) is 10.2. The van der Waals surface area contributed by atoms with Crippen LogP contribution in [0.3, 0.4) is 0 Å². The highest BCUT2D eigenvalue weighted by atomic mass is 19.4. The zero-order valence-corrected chi connectivity index (χ0v) is 12.1. The minimum atomic E-state index is -4.61. The number of aromatic nitrogens is 2. The molecule has 118 valence electrons. The highest BCUT2D eigenvalue weighted by molar-refractivity contribution is 6.33. The zero-order chi connectivity index (χ0) is 16.7. The minimum absolute atomic E-state index is 0.0611. The molecule has 2 radical (unpaired) electrons. The van der Waals surface area contributed by atoms with Crippen LogP contribution in [-0.2, 0) is 6.18 Å². The van der Waals surface area contributed by atoms with Crippen LogP contribution in [0.1, 0.15) is 38.3 Å². The summed E-state index contributed by atoms with van der Waals surface area (Å²) in [6.07, 6.45) is -4.39. The van der Waals surface area contributed by atoms with Gasteiger partial charge in [-0.1, -0.05) is 25.4 Å². The third kappa shape index (κ3) is 2.96. The second-order valence-corrected chi connectivity index (χ2v) is 5.00. The van der Waals surface area contributed by atoms with E-state index in [0.717, 1.165) is 6.07 Å². The number of benzene rings is 1. The Kier molecular flexibility index (Phi) is 4.23. The fraction of sp³-hybridized carbons (Fsp3) is 0.500. The minimum Gasteiger partial charge on any atom is -0.327 e. The van der Waals surface area contributed by atoms with Gasteiger partial charge in [0.2, 0.25) is 0 Å². The maximum atomic E-state index is 13.0. The van der Waals surface area contributed by atoms with Crippen LogP contribution in [0.2, 0.25) is 0 Å². The van der Waals surface area contributed by atoms with Crippen molar-refractivity contribution in [3.8, 4) is 0 Å². The number of hydrogen-bond acceptors (Lipinski definition) is 1. The average Bonchev–Trinajstić information content (AvgIpc) is 2.79. The Labute approximate surface area is 125 Å². The zero-order valence-electron chi connectivity index (χ0n) is 12.1. The molecule has 0 aliphatic heterocycles. The molecule has 3 rings (SSSR count). The second-order valence-electron chi connectivity index (χ2n) is 5.00. The summed E-state index contributed by atoms with van der Waals surface area (Å²) < 4.78 is 66.1. The van der Waals surface area contributed by atoms with Gasteiger partial charge in [-0.25, -0.2) is 13.8 Å². The standard InChI is InChI=1S/C12H8BF5N2.C2H6/c13-6-1-8(12(16,17)18)10-9(2-6)19-5-20(10)7-3-11(14,15)4-7;1-2/h1-2,5,7H,3-4H2;1-2H3. The predicted octanol–water partition coefficient (Wildman–Crippen LogP) is 3.85. The Balaban J connectivity index is 0.000000847. The van der Waals surface area contributed by atoms with Crippen molar-refractivity contribution in [2.24, 2.45) is 0 Å². The van der Waals surface area contributed by atoms with Crippen molar-refractivity contribution in [3.63, 3.8) is 0 Å². The first-order valence-electron chi connectivity index (χ1n) is 6.88. The summed E-state index contributed by atoms with van der Waals surface area (Å²) in [4.78, 5) is 3.84. The quantitative estimate of drug-likeness (QED) is 0.577. The summed E-state index contributed by atoms with van der Waals surface area (Å²) in [5, 5.41) is 0. The topological polar surface area (TPSA) is 17.8 Å². The van der Waals surface area contributed by atoms with Crippen LogP contribution >= 0.6 is 0 Å². The molecule has 0 spiro atoms. The van der Waals surface area contributed by atoms with Crippen LogP contribution in [0.15, 0.2) is 18.5 Å². The van der Waals surface area contributed by atoms with Gasteiger partial charge in [0.05, 0.1) is 22.9 Å². The first-order valence-corrected chi connectivity index (χ1v) is 6.88. The Morgan fingerprint density at radius 3 is 2.32 bits per heavy atom. The van der Waals surface area contributed by atoms with Crippen molar-refractivity contribution >= 4 is 24.3 Å². The van der Waals surface area contributed by atoms with E-state index in [1.54, 1.807) is 0 Å². The molecule has 8 heteroatoms. The molecule has 0 saturated heterocycles. The van der Waals surface area contributed by atoms with Crippen molar-refractivity contribution in [1.29, 1.82) is 0 Å². The lowest BCUT2D eigenvalue weighted by Gasteiger charge is -2.36. The molecule has 0 bridgehead atoms. The summed E-state index contributed by atoms with van der Waals surface area (Å²) >= 11 is 0. The van der Waals surface area contributed by atoms with Crippen LogP contribution in [-0.4, -0.2) is 23.3 Å². The Morgan fingerprint density at radius 1 is 1.23 bits per heavy atom. The molecule has 1 saturated carbocycles. The molecule has 0 N–H and O–H groups in total. The normalized spacial score (nSPS) is 17.8. The molecule has 0 unspecified atom stereocenters. The molecule has 0 amide bonds. The van der Waals surface area contributed by atoms with Crippen LogP contribution < -0.4 is 5.46 Å². The molecular formula is C14H14BF5N2. The van der Waals surface area contributed by atoms with E-state index in [0.29, 0.717) is 0 Å². The molecule has 1 aliphatic rings. The predicted molar refractivity (Wildman–Crippen MR) is 74.7 cm³/mol. The highest BCUT2D eigenvalue weighted by Gasteiger charge is 2.47. The van der Waals surface area contributed by atoms with Gasteiger partial charge < -0.3 is 4.57 Å². The molecule has 1 fully saturated rings. The van der Waals surface area contributed by atoms with Crippen LogP contribution in [0.25, 0.3) is 11.0 Å². The van der Waals surface area contributed by atoms with Gasteiger partial charge in [0.25, 0.3) is 5.92 Å². The maximum absolute atomic E-state index is 13.0. The molecule has 0 atom stereocenters. The van der Waals surface area contributed by atoms with Gasteiger partial charge in [-0.3, -0.25) is 0 Å². The number of alkyl halides is 5. The van der Waals surface area contributed by atoms with Crippen LogP contribution in [0.4, 0.5) is 22.0 Å². The molecule has 1 aromatic heterocycles. The van der Waals surface area contributed by atoms with E-state index < -0.39 is 36.5 Å². The molecule has 1 aromatic carbocycles. The Bertz CT molecular complexity index is 670. The molecule has 22 heavy (non-hydrogen) atoms. The number of nitrogens with zero attached hydrogens (tertiary/aromatic N) is 2. The Morgan fingerprint density at radius 2 is 1.82 bits per heavy atom. The number of rotatable bonds is 1. The average molecular weight is 316 g/mol. The van der Waals surface area contributed by atoms with E-state index in [1.807, 2.05) is 13.8 Å². The summed E-state index contributed by atoms with van der Waals surface area (Å²) in [5.74, 6) is -2.81. The Hall–Kier alpha value is -1.60. The SMILES string of the molecule is CC.[B]c1cc(C(F)(F)F)c2c(c1)ncn2C1CC(F)(F)C1. The first kappa shape index (κ1) is 16.8. The van der Waals surface area contributed by atoms with E-state index in [9.17, 15) is 22.0 Å². The molecule has 2 nitrogen and oxygen atoms in total. The van der Waals surface area contributed by atoms with Crippen molar-refractivity contribution in [3.05, 3.63) is 24.0 Å². The van der Waals surface area contributed by atoms with Gasteiger partial charge in [0.1, 0.15) is 7.85 Å². The van der Waals surface area contributed by atoms with Crippen molar-refractivity contribution in [2.45, 2.75) is 44.8 Å². The highest BCUT2D eigenvalue weighted by Crippen LogP contribution is 2.47. The van der Waals surface area contributed by atoms with Gasteiger partial charge in [0.15, 0.2) is 0 Å². The van der Waals surface area contributed by atoms with Gasteiger partial charge in [-0.05, 0) is 6.07 Å². The van der Waals surface area contributed by atoms with E-state index in [-0.39, 0.29) is 16.5 Å². The molecule has 1 heterocycles. The van der Waals surface area contributed by atoms with Crippen molar-refractivity contribution in [1.82, 2.24) is 9.55 Å². The van der Waals surface area contributed by atoms with Crippen molar-refractivity contribution < 1.29 is 22.0 Å². The number of hydrogen-bond donors (Lipinski definition) is 0. The van der Waals surface area contributed by atoms with Gasteiger partial charge >= 0.3 is 6.18 Å². The van der Waals surface area contributed by atoms with E-state index in [2.05, 4.69) is 4.98 Å². The fourth-order valence-corrected chi connectivity index (χ4v) is 2.51. The number of imidazole rings is 1. The smallest absolute Gasteiger partial charge is 0.327 e. The summed E-state index contributed by atoms with van der Waals surface area (Å²) in [5.41, 5.74) is -1.13. The van der Waals surface area contributed by atoms with E-state index in [4.69, 9.17) is 7.85 Å². The molecule has 2 aromatic rings. The second kappa shape index (κ2) is 5.55. The van der Waals surface area contributed by atoms with Crippen molar-refractivity contribution in [2.75, 3.05) is 0 Å². The summed E-state index contributed by atoms with van der Waals surface area (Å²) in [6.45, 7) is 4.00. The van der Waals surface area contributed by atoms with Crippen LogP contribution in [0, 0.1) is 0 Å².